The lowest BCUT2D eigenvalue weighted by atomic mass is 9.78. The van der Waals surface area contributed by atoms with E-state index in [4.69, 9.17) is 34.0 Å². The van der Waals surface area contributed by atoms with E-state index in [0.29, 0.717) is 142 Å². The third kappa shape index (κ3) is 35.4. The van der Waals surface area contributed by atoms with Crippen LogP contribution in [0.25, 0.3) is 22.3 Å². The highest BCUT2D eigenvalue weighted by molar-refractivity contribution is 9.10. The van der Waals surface area contributed by atoms with Crippen molar-refractivity contribution in [3.8, 4) is 22.3 Å². The molecule has 0 bridgehead atoms. The molecule has 0 aliphatic carbocycles. The fraction of sp³-hybridized carbons (Fsp3) is 0.371. The molecular weight excluding hydrogens is 1930 g/mol. The van der Waals surface area contributed by atoms with Crippen molar-refractivity contribution in [3.05, 3.63) is 308 Å². The van der Waals surface area contributed by atoms with Crippen LogP contribution in [0.3, 0.4) is 0 Å². The molecule has 7 atom stereocenters. The van der Waals surface area contributed by atoms with Crippen LogP contribution in [0, 0.1) is 17.5 Å². The van der Waals surface area contributed by atoms with Gasteiger partial charge in [-0.15, -0.1) is 0 Å². The summed E-state index contributed by atoms with van der Waals surface area (Å²) >= 11 is 10.1. The summed E-state index contributed by atoms with van der Waals surface area (Å²) in [5.74, 6) is -1.34. The van der Waals surface area contributed by atoms with Gasteiger partial charge in [-0.2, -0.15) is 0 Å². The summed E-state index contributed by atoms with van der Waals surface area (Å²) in [6, 6.07) is 73.8. The number of unbranched alkanes of at least 4 members (excludes halogenated alkanes) is 1. The molecule has 0 saturated carbocycles. The smallest absolute Gasteiger partial charge is 0.444 e. The number of nitrogens with zero attached hydrogens (tertiary/aromatic N) is 3. The summed E-state index contributed by atoms with van der Waals surface area (Å²) in [6.45, 7) is 19.4. The monoisotopic (exact) mass is 2050 g/mol. The van der Waals surface area contributed by atoms with Crippen LogP contribution in [-0.4, -0.2) is 152 Å². The zero-order chi connectivity index (χ0) is 97.6. The second kappa shape index (κ2) is 55.3. The molecule has 5 heterocycles. The number of nitrogens with two attached hydrogens (primary N) is 1. The Kier molecular flexibility index (Phi) is 44.4. The van der Waals surface area contributed by atoms with E-state index >= 15 is 0 Å². The van der Waals surface area contributed by atoms with Crippen molar-refractivity contribution in [1.82, 2.24) is 16.0 Å². The van der Waals surface area contributed by atoms with E-state index in [2.05, 4.69) is 94.9 Å². The fourth-order valence-electron chi connectivity index (χ4n) is 14.2. The number of aliphatic hydroxyl groups excluding tert-OH is 3. The number of carbonyl (C=O) groups is 6. The summed E-state index contributed by atoms with van der Waals surface area (Å²) < 4.78 is 91.6. The molecule has 10 aromatic rings. The van der Waals surface area contributed by atoms with Gasteiger partial charge in [0, 0.05) is 89.4 Å². The first-order valence-electron chi connectivity index (χ1n) is 45.4. The molecule has 5 aliphatic heterocycles. The molecule has 0 spiro atoms. The zero-order valence-electron chi connectivity index (χ0n) is 77.6. The van der Waals surface area contributed by atoms with E-state index in [-0.39, 0.29) is 54.2 Å². The number of halogens is 7. The Labute approximate surface area is 815 Å². The molecule has 0 radical (unpaired) electrons. The summed E-state index contributed by atoms with van der Waals surface area (Å²) in [6.07, 6.45) is 1.11. The molecule has 3 amide bonds. The summed E-state index contributed by atoms with van der Waals surface area (Å²) in [5, 5.41) is 41.3. The maximum atomic E-state index is 15.0. The van der Waals surface area contributed by atoms with Crippen molar-refractivity contribution in [2.45, 2.75) is 187 Å². The first-order valence-corrected chi connectivity index (χ1v) is 48.1. The Morgan fingerprint density at radius 3 is 1.15 bits per heavy atom. The largest absolute Gasteiger partial charge is 0.497 e. The van der Waals surface area contributed by atoms with Gasteiger partial charge in [-0.25, -0.2) is 27.6 Å². The number of amides is 3. The van der Waals surface area contributed by atoms with Gasteiger partial charge in [0.25, 0.3) is 0 Å². The van der Waals surface area contributed by atoms with E-state index in [1.807, 2.05) is 143 Å². The van der Waals surface area contributed by atoms with E-state index in [9.17, 15) is 61.6 Å². The van der Waals surface area contributed by atoms with Crippen LogP contribution in [0.5, 0.6) is 0 Å². The number of benzene rings is 10. The van der Waals surface area contributed by atoms with Crippen molar-refractivity contribution in [2.24, 2.45) is 5.73 Å². The zero-order valence-corrected chi connectivity index (χ0v) is 82.3. The molecule has 15 rings (SSSR count). The number of epoxide rings is 1. The van der Waals surface area contributed by atoms with Gasteiger partial charge < -0.3 is 79.6 Å². The molecule has 5 aliphatic rings. The predicted molar refractivity (Wildman–Crippen MR) is 533 cm³/mol. The Balaban J connectivity index is 0.000000189. The minimum Gasteiger partial charge on any atom is -0.444 e. The third-order valence-corrected chi connectivity index (χ3v) is 24.5. The van der Waals surface area contributed by atoms with Crippen LogP contribution in [-0.2, 0) is 62.3 Å². The topological polar surface area (TPSA) is 294 Å². The third-order valence-electron chi connectivity index (χ3n) is 22.9. The van der Waals surface area contributed by atoms with Crippen molar-refractivity contribution in [2.75, 3.05) is 79.1 Å². The quantitative estimate of drug-likeness (QED) is 0.00485. The highest BCUT2D eigenvalue weighted by atomic mass is 79.9. The van der Waals surface area contributed by atoms with E-state index < -0.39 is 79.0 Å². The van der Waals surface area contributed by atoms with E-state index in [1.165, 1.54) is 83.2 Å². The minimum atomic E-state index is -0.808. The maximum absolute atomic E-state index is 15.0. The van der Waals surface area contributed by atoms with Crippen molar-refractivity contribution in [1.29, 1.82) is 0 Å². The number of Topliss-reactive ketones (excluding diaryl/α,β-unsaturated/α-hetero) is 3. The van der Waals surface area contributed by atoms with Gasteiger partial charge in [0.15, 0.2) is 0 Å². The van der Waals surface area contributed by atoms with Gasteiger partial charge in [0.1, 0.15) is 59.2 Å². The first kappa shape index (κ1) is 109. The molecule has 22 nitrogen and oxygen atoms in total. The van der Waals surface area contributed by atoms with Crippen molar-refractivity contribution in [3.63, 3.8) is 0 Å². The number of nitrogens with one attached hydrogen (secondary N) is 3. The van der Waals surface area contributed by atoms with Crippen molar-refractivity contribution < 1.29 is 89.9 Å². The van der Waals surface area contributed by atoms with Gasteiger partial charge in [-0.1, -0.05) is 231 Å². The molecule has 5 saturated heterocycles. The van der Waals surface area contributed by atoms with Crippen LogP contribution >= 0.6 is 47.8 Å². The molecule has 720 valence electrons. The van der Waals surface area contributed by atoms with E-state index in [0.717, 1.165) is 44.1 Å². The first-order chi connectivity index (χ1) is 64.7. The fourth-order valence-corrected chi connectivity index (χ4v) is 15.3. The number of cyclic esters (lactones) is 3. The lowest BCUT2D eigenvalue weighted by Crippen LogP contribution is -2.41. The standard InChI is InChI=1S/C28H29FN2O4.C24H28F2N2O4.C19H25BFNO5.C15H16BrNO.C8H7BrO.C7H9N.C4H9Br/c1-19(32)7-13-24-18-31(28(34)35-24)23-12-14-25(26(29)15-23)21-8-10-22(11-9-21)27(33)17-30-16-20-5-3-2-4-6-20;1-16(29)3-9-20-15-28(24(31)32-20)19-8-10-21(22(26)13-19)17-4-6-18(7-5-17)23(30)14-27-12-2-11-25;1-12(23)6-8-14-11-22(17(24)25-14)13-7-9-15(16(21)10-13)20-26-18(2,3)19(4,5)27-20;16-14-8-6-13(7-9-14)15(18)11-17-10-12-4-2-1-3-5-12;9-7-3-1-6(2-4-7)8-5-10-8;8-6-7-4-2-1-3-5-7;1-2-3-4-5/h2-6,8-12,14-15,24,27,30,33H,7,13,16-18H2,1H3;4-8,10,13,20,23,27,30H,2-3,9,11-12,14-15H2,1H3;7,9-10,14H,6,8,11H2,1-5H3;1-9,15,17-18H,10-11H2;1-4,8H,5H2;1-5H,6,8H2;2-4H2,1H3/t24-,27+;20-,23+;14-;15-;;;/m0001.../s1. The molecule has 135 heavy (non-hydrogen) atoms. The molecule has 0 aromatic heterocycles. The van der Waals surface area contributed by atoms with Crippen LogP contribution in [0.15, 0.2) is 252 Å². The Morgan fingerprint density at radius 2 is 0.830 bits per heavy atom. The SMILES string of the molecule is Brc1ccc(C2CO2)cc1.CC(=O)CC[C@H]1CN(c2ccc(-c3ccc([C@H](O)CNCCCF)cc3)c(F)c2)C(=O)O1.CC(=O)CC[C@H]1CN(c2ccc(-c3ccc([C@H](O)CNCc4ccccc4)cc3)c(F)c2)C(=O)O1.CC(=O)CC[C@H]1CN(c2ccc(B3OC(C)(C)C(C)(C)O3)c(F)c2)C(=O)O1.CCCCBr.NCc1ccccc1.O[C@H](CNCc1ccccc1)c1ccc(Br)cc1. The lowest BCUT2D eigenvalue weighted by Gasteiger charge is -2.32. The van der Waals surface area contributed by atoms with Gasteiger partial charge in [-0.3, -0.25) is 19.1 Å². The number of carbonyl (C=O) groups excluding carboxylic acids is 6. The van der Waals surface area contributed by atoms with E-state index in [1.54, 1.807) is 84.9 Å². The Bertz CT molecular complexity index is 5340. The van der Waals surface area contributed by atoms with Crippen LogP contribution < -0.4 is 41.8 Å². The minimum absolute atomic E-state index is 0.0292. The number of ether oxygens (including phenoxy) is 4. The lowest BCUT2D eigenvalue weighted by molar-refractivity contribution is -0.118. The number of hydrogen-bond acceptors (Lipinski definition) is 19. The molecular formula is C105H123BBr3F4N7O15. The van der Waals surface area contributed by atoms with Gasteiger partial charge >= 0.3 is 25.4 Å². The number of ketones is 3. The average molecular weight is 2050 g/mol. The maximum Gasteiger partial charge on any atom is 0.497 e. The number of hydrogen-bond donors (Lipinski definition) is 7. The number of aliphatic hydroxyl groups is 3. The van der Waals surface area contributed by atoms with Crippen LogP contribution in [0.4, 0.5) is 49.0 Å². The van der Waals surface area contributed by atoms with Crippen molar-refractivity contribution >= 4 is 113 Å². The molecule has 30 heteroatoms. The summed E-state index contributed by atoms with van der Waals surface area (Å²) in [7, 11) is -0.808. The number of alkyl halides is 2. The van der Waals surface area contributed by atoms with Gasteiger partial charge in [-0.05, 0) is 210 Å². The average Bonchev–Trinajstić information content (AvgIpc) is 1.62. The predicted octanol–water partition coefficient (Wildman–Crippen LogP) is 21.1. The van der Waals surface area contributed by atoms with Crippen LogP contribution in [0.1, 0.15) is 177 Å². The molecule has 5 fully saturated rings. The highest BCUT2D eigenvalue weighted by Gasteiger charge is 2.53. The van der Waals surface area contributed by atoms with Gasteiger partial charge in [0.05, 0.1) is 79.5 Å². The van der Waals surface area contributed by atoms with Crippen LogP contribution in [0.2, 0.25) is 0 Å². The molecule has 1 unspecified atom stereocenters. The van der Waals surface area contributed by atoms with Gasteiger partial charge in [0.2, 0.25) is 0 Å². The highest BCUT2D eigenvalue weighted by Crippen LogP contribution is 2.39. The Morgan fingerprint density at radius 1 is 0.481 bits per heavy atom. The second-order valence-electron chi connectivity index (χ2n) is 34.1. The number of anilines is 3. The summed E-state index contributed by atoms with van der Waals surface area (Å²) in [5.41, 5.74) is 15.0. The molecule has 10 aromatic carbocycles. The molecule has 8 N–H and O–H groups in total. The summed E-state index contributed by atoms with van der Waals surface area (Å²) in [4.78, 5) is 74.1. The Hall–Kier alpha value is -10.2. The second-order valence-corrected chi connectivity index (χ2v) is 36.7. The number of rotatable bonds is 35. The normalized spacial score (nSPS) is 17.1.